The molecule has 6 heteroatoms. The Kier molecular flexibility index (Phi) is 4.25. The van der Waals surface area contributed by atoms with E-state index in [0.29, 0.717) is 10.6 Å². The van der Waals surface area contributed by atoms with Crippen molar-refractivity contribution < 1.29 is 9.18 Å². The first-order chi connectivity index (χ1) is 11.1. The fourth-order valence-corrected chi connectivity index (χ4v) is 3.24. The Morgan fingerprint density at radius 2 is 2.09 bits per heavy atom. The molecule has 23 heavy (non-hydrogen) atoms. The van der Waals surface area contributed by atoms with Crippen LogP contribution in [0, 0.1) is 12.7 Å². The highest BCUT2D eigenvalue weighted by Gasteiger charge is 2.14. The molecule has 3 aromatic rings. The Bertz CT molecular complexity index is 836. The van der Waals surface area contributed by atoms with Gasteiger partial charge in [-0.15, -0.1) is 11.3 Å². The fourth-order valence-electron chi connectivity index (χ4n) is 2.30. The first-order valence-electron chi connectivity index (χ1n) is 7.27. The number of aryl methyl sites for hydroxylation is 2. The second-order valence-electron chi connectivity index (χ2n) is 5.13. The van der Waals surface area contributed by atoms with Gasteiger partial charge in [0.05, 0.1) is 16.8 Å². The third-order valence-corrected chi connectivity index (χ3v) is 4.56. The molecule has 0 radical (unpaired) electrons. The van der Waals surface area contributed by atoms with Gasteiger partial charge in [0.2, 0.25) is 0 Å². The number of anilines is 1. The van der Waals surface area contributed by atoms with E-state index in [1.165, 1.54) is 23.5 Å². The molecule has 1 amide bonds. The smallest absolute Gasteiger partial charge is 0.265 e. The highest BCUT2D eigenvalue weighted by atomic mass is 32.1. The summed E-state index contributed by atoms with van der Waals surface area (Å²) in [5.41, 5.74) is 2.52. The molecule has 0 saturated carbocycles. The van der Waals surface area contributed by atoms with Crippen LogP contribution in [0.1, 0.15) is 21.5 Å². The maximum atomic E-state index is 13.0. The normalized spacial score (nSPS) is 10.7. The van der Waals surface area contributed by atoms with Crippen molar-refractivity contribution in [2.75, 3.05) is 5.32 Å². The van der Waals surface area contributed by atoms with Gasteiger partial charge in [-0.1, -0.05) is 12.1 Å². The second-order valence-corrected chi connectivity index (χ2v) is 6.38. The number of aromatic nitrogens is 2. The van der Waals surface area contributed by atoms with Crippen LogP contribution in [0.25, 0.3) is 11.1 Å². The van der Waals surface area contributed by atoms with Gasteiger partial charge in [0, 0.05) is 17.6 Å². The lowest BCUT2D eigenvalue weighted by molar-refractivity contribution is 0.103. The van der Waals surface area contributed by atoms with Crippen molar-refractivity contribution in [1.29, 1.82) is 0 Å². The summed E-state index contributed by atoms with van der Waals surface area (Å²) in [5, 5.41) is 6.97. The molecule has 0 bridgehead atoms. The number of hydrogen-bond donors (Lipinski definition) is 1. The number of carbonyl (C=O) groups excluding carboxylic acids is 1. The fraction of sp³-hybridized carbons (Fsp3) is 0.176. The Hall–Kier alpha value is -2.47. The minimum Gasteiger partial charge on any atom is -0.319 e. The molecule has 2 aromatic heterocycles. The molecule has 4 nitrogen and oxygen atoms in total. The molecule has 3 rings (SSSR count). The van der Waals surface area contributed by atoms with Gasteiger partial charge < -0.3 is 5.32 Å². The molecule has 1 aromatic carbocycles. The minimum absolute atomic E-state index is 0.165. The van der Waals surface area contributed by atoms with E-state index in [1.807, 2.05) is 19.9 Å². The largest absolute Gasteiger partial charge is 0.319 e. The Labute approximate surface area is 137 Å². The number of nitrogens with one attached hydrogen (secondary N) is 1. The van der Waals surface area contributed by atoms with Crippen molar-refractivity contribution in [3.8, 4) is 11.1 Å². The van der Waals surface area contributed by atoms with Crippen LogP contribution in [0.3, 0.4) is 0 Å². The molecule has 2 heterocycles. The van der Waals surface area contributed by atoms with Gasteiger partial charge in [-0.05, 0) is 43.2 Å². The van der Waals surface area contributed by atoms with Crippen molar-refractivity contribution in [3.63, 3.8) is 0 Å². The van der Waals surface area contributed by atoms with E-state index >= 15 is 0 Å². The van der Waals surface area contributed by atoms with Crippen LogP contribution in [0.15, 0.2) is 42.7 Å². The highest BCUT2D eigenvalue weighted by molar-refractivity contribution is 7.14. The van der Waals surface area contributed by atoms with Crippen molar-refractivity contribution in [3.05, 3.63) is 58.3 Å². The monoisotopic (exact) mass is 329 g/mol. The number of rotatable bonds is 4. The van der Waals surface area contributed by atoms with Crippen LogP contribution in [-0.2, 0) is 6.54 Å². The van der Waals surface area contributed by atoms with Crippen molar-refractivity contribution >= 4 is 22.9 Å². The Morgan fingerprint density at radius 1 is 1.35 bits per heavy atom. The molecule has 0 aliphatic carbocycles. The van der Waals surface area contributed by atoms with Crippen LogP contribution in [0.2, 0.25) is 0 Å². The van der Waals surface area contributed by atoms with Crippen LogP contribution in [0.5, 0.6) is 0 Å². The van der Waals surface area contributed by atoms with E-state index in [4.69, 9.17) is 0 Å². The first-order valence-corrected chi connectivity index (χ1v) is 8.08. The molecule has 118 valence electrons. The third-order valence-electron chi connectivity index (χ3n) is 3.51. The molecule has 1 N–H and O–H groups in total. The summed E-state index contributed by atoms with van der Waals surface area (Å²) >= 11 is 1.42. The molecular weight excluding hydrogens is 313 g/mol. The number of carbonyl (C=O) groups is 1. The van der Waals surface area contributed by atoms with E-state index in [9.17, 15) is 9.18 Å². The summed E-state index contributed by atoms with van der Waals surface area (Å²) in [6, 6.07) is 8.12. The highest BCUT2D eigenvalue weighted by Crippen LogP contribution is 2.31. The SMILES string of the molecule is CCn1cc(NC(=O)c2cc(-c3ccc(F)cc3)c(C)s2)cn1. The number of amides is 1. The van der Waals surface area contributed by atoms with Crippen LogP contribution in [-0.4, -0.2) is 15.7 Å². The Balaban J connectivity index is 1.82. The molecule has 0 aliphatic rings. The van der Waals surface area contributed by atoms with E-state index in [1.54, 1.807) is 29.2 Å². The van der Waals surface area contributed by atoms with Gasteiger partial charge in [-0.2, -0.15) is 5.10 Å². The number of benzene rings is 1. The predicted octanol–water partition coefficient (Wildman–Crippen LogP) is 4.33. The summed E-state index contributed by atoms with van der Waals surface area (Å²) in [6.45, 7) is 4.69. The van der Waals surface area contributed by atoms with Gasteiger partial charge in [-0.25, -0.2) is 4.39 Å². The summed E-state index contributed by atoms with van der Waals surface area (Å²) < 4.78 is 14.8. The van der Waals surface area contributed by atoms with Gasteiger partial charge in [0.1, 0.15) is 5.82 Å². The molecular formula is C17H16FN3OS. The Morgan fingerprint density at radius 3 is 2.74 bits per heavy atom. The van der Waals surface area contributed by atoms with Gasteiger partial charge in [-0.3, -0.25) is 9.48 Å². The summed E-state index contributed by atoms with van der Waals surface area (Å²) in [6.07, 6.45) is 3.42. The maximum Gasteiger partial charge on any atom is 0.265 e. The lowest BCUT2D eigenvalue weighted by Crippen LogP contribution is -2.09. The van der Waals surface area contributed by atoms with Gasteiger partial charge in [0.25, 0.3) is 5.91 Å². The molecule has 0 saturated heterocycles. The van der Waals surface area contributed by atoms with Crippen molar-refractivity contribution in [2.45, 2.75) is 20.4 Å². The second kappa shape index (κ2) is 6.34. The third kappa shape index (κ3) is 3.32. The molecule has 0 fully saturated rings. The standard InChI is InChI=1S/C17H16FN3OS/c1-3-21-10-14(9-19-21)20-17(22)16-8-15(11(2)23-16)12-4-6-13(18)7-5-12/h4-10H,3H2,1-2H3,(H,20,22). The molecule has 0 atom stereocenters. The molecule has 0 unspecified atom stereocenters. The zero-order valence-electron chi connectivity index (χ0n) is 12.8. The van der Waals surface area contributed by atoms with Crippen molar-refractivity contribution in [2.24, 2.45) is 0 Å². The van der Waals surface area contributed by atoms with Gasteiger partial charge in [0.15, 0.2) is 0 Å². The zero-order chi connectivity index (χ0) is 16.4. The average molecular weight is 329 g/mol. The topological polar surface area (TPSA) is 46.9 Å². The number of thiophene rings is 1. The van der Waals surface area contributed by atoms with E-state index in [-0.39, 0.29) is 11.7 Å². The van der Waals surface area contributed by atoms with Gasteiger partial charge >= 0.3 is 0 Å². The quantitative estimate of drug-likeness (QED) is 0.774. The van der Waals surface area contributed by atoms with Crippen molar-refractivity contribution in [1.82, 2.24) is 9.78 Å². The number of nitrogens with zero attached hydrogens (tertiary/aromatic N) is 2. The lowest BCUT2D eigenvalue weighted by Gasteiger charge is -2.00. The summed E-state index contributed by atoms with van der Waals surface area (Å²) in [5.74, 6) is -0.436. The zero-order valence-corrected chi connectivity index (χ0v) is 13.7. The van der Waals surface area contributed by atoms with Crippen LogP contribution < -0.4 is 5.32 Å². The molecule has 0 spiro atoms. The van der Waals surface area contributed by atoms with E-state index < -0.39 is 0 Å². The number of hydrogen-bond acceptors (Lipinski definition) is 3. The lowest BCUT2D eigenvalue weighted by atomic mass is 10.1. The van der Waals surface area contributed by atoms with Crippen LogP contribution >= 0.6 is 11.3 Å². The van der Waals surface area contributed by atoms with E-state index in [2.05, 4.69) is 10.4 Å². The first kappa shape index (κ1) is 15.4. The average Bonchev–Trinajstić information content (AvgIpc) is 3.15. The van der Waals surface area contributed by atoms with Crippen LogP contribution in [0.4, 0.5) is 10.1 Å². The van der Waals surface area contributed by atoms with E-state index in [0.717, 1.165) is 22.5 Å². The number of halogens is 1. The molecule has 0 aliphatic heterocycles. The maximum absolute atomic E-state index is 13.0. The predicted molar refractivity (Wildman–Crippen MR) is 90.3 cm³/mol. The summed E-state index contributed by atoms with van der Waals surface area (Å²) in [7, 11) is 0. The minimum atomic E-state index is -0.271. The summed E-state index contributed by atoms with van der Waals surface area (Å²) in [4.78, 5) is 14.0.